The van der Waals surface area contributed by atoms with E-state index in [1.807, 2.05) is 6.08 Å². The number of nitrogens with one attached hydrogen (secondary N) is 2. The number of urea groups is 1. The molecule has 3 amide bonds. The SMILES string of the molecule is C=C1CC=CC2C(=O)NNC(=O)N12. The minimum Gasteiger partial charge on any atom is -0.281 e. The van der Waals surface area contributed by atoms with Gasteiger partial charge in [0.25, 0.3) is 5.91 Å². The van der Waals surface area contributed by atoms with Gasteiger partial charge in [-0.2, -0.15) is 0 Å². The Morgan fingerprint density at radius 3 is 2.92 bits per heavy atom. The quantitative estimate of drug-likeness (QED) is 0.509. The number of allylic oxidation sites excluding steroid dienone is 1. The monoisotopic (exact) mass is 179 g/mol. The molecule has 0 saturated carbocycles. The fraction of sp³-hybridized carbons (Fsp3) is 0.250. The molecule has 0 aliphatic carbocycles. The molecule has 0 aromatic heterocycles. The lowest BCUT2D eigenvalue weighted by Gasteiger charge is -2.36. The van der Waals surface area contributed by atoms with Crippen molar-refractivity contribution in [3.05, 3.63) is 24.4 Å². The first kappa shape index (κ1) is 7.85. The lowest BCUT2D eigenvalue weighted by atomic mass is 10.1. The summed E-state index contributed by atoms with van der Waals surface area (Å²) < 4.78 is 0. The third-order valence-corrected chi connectivity index (χ3v) is 2.07. The van der Waals surface area contributed by atoms with Crippen molar-refractivity contribution in [1.29, 1.82) is 0 Å². The molecular formula is C8H9N3O2. The Morgan fingerprint density at radius 1 is 1.46 bits per heavy atom. The number of carbonyl (C=O) groups is 2. The van der Waals surface area contributed by atoms with Crippen LogP contribution in [0.5, 0.6) is 0 Å². The van der Waals surface area contributed by atoms with Gasteiger partial charge in [0.1, 0.15) is 6.04 Å². The van der Waals surface area contributed by atoms with E-state index in [1.54, 1.807) is 6.08 Å². The van der Waals surface area contributed by atoms with Crippen LogP contribution in [0.4, 0.5) is 4.79 Å². The molecular weight excluding hydrogens is 170 g/mol. The summed E-state index contributed by atoms with van der Waals surface area (Å²) in [5.74, 6) is -0.239. The predicted octanol–water partition coefficient (Wildman–Crippen LogP) is -0.115. The van der Waals surface area contributed by atoms with Gasteiger partial charge in [-0.05, 0) is 0 Å². The second-order valence-electron chi connectivity index (χ2n) is 2.93. The Kier molecular flexibility index (Phi) is 1.58. The summed E-state index contributed by atoms with van der Waals surface area (Å²) in [6, 6.07) is -0.867. The number of fused-ring (bicyclic) bond motifs is 1. The van der Waals surface area contributed by atoms with Crippen LogP contribution in [0.1, 0.15) is 6.42 Å². The van der Waals surface area contributed by atoms with Crippen molar-refractivity contribution in [2.75, 3.05) is 0 Å². The smallest absolute Gasteiger partial charge is 0.281 e. The summed E-state index contributed by atoms with van der Waals surface area (Å²) in [5, 5.41) is 0. The van der Waals surface area contributed by atoms with Crippen LogP contribution in [0.25, 0.3) is 0 Å². The molecule has 0 spiro atoms. The third-order valence-electron chi connectivity index (χ3n) is 2.07. The van der Waals surface area contributed by atoms with Crippen molar-refractivity contribution in [2.24, 2.45) is 0 Å². The van der Waals surface area contributed by atoms with Crippen LogP contribution >= 0.6 is 0 Å². The fourth-order valence-corrected chi connectivity index (χ4v) is 1.44. The van der Waals surface area contributed by atoms with Gasteiger partial charge in [0.15, 0.2) is 0 Å². The van der Waals surface area contributed by atoms with E-state index in [2.05, 4.69) is 17.4 Å². The summed E-state index contributed by atoms with van der Waals surface area (Å²) in [6.07, 6.45) is 4.14. The highest BCUT2D eigenvalue weighted by Crippen LogP contribution is 2.20. The van der Waals surface area contributed by atoms with Gasteiger partial charge in [0.05, 0.1) is 0 Å². The highest BCUT2D eigenvalue weighted by atomic mass is 16.2. The molecule has 5 nitrogen and oxygen atoms in total. The van der Waals surface area contributed by atoms with Crippen LogP contribution in [-0.2, 0) is 4.79 Å². The number of hydrazine groups is 1. The summed E-state index contributed by atoms with van der Waals surface area (Å²) in [5.41, 5.74) is 5.17. The van der Waals surface area contributed by atoms with E-state index < -0.39 is 6.04 Å². The lowest BCUT2D eigenvalue weighted by molar-refractivity contribution is -0.126. The van der Waals surface area contributed by atoms with Crippen LogP contribution in [0.15, 0.2) is 24.4 Å². The van der Waals surface area contributed by atoms with Crippen LogP contribution in [0.3, 0.4) is 0 Å². The van der Waals surface area contributed by atoms with Crippen molar-refractivity contribution >= 4 is 11.9 Å². The second kappa shape index (κ2) is 2.62. The highest BCUT2D eigenvalue weighted by Gasteiger charge is 2.35. The van der Waals surface area contributed by atoms with Crippen molar-refractivity contribution in [1.82, 2.24) is 15.8 Å². The Hall–Kier alpha value is -1.78. The number of carbonyl (C=O) groups excluding carboxylic acids is 2. The van der Waals surface area contributed by atoms with E-state index in [-0.39, 0.29) is 11.9 Å². The molecule has 68 valence electrons. The van der Waals surface area contributed by atoms with Crippen LogP contribution in [0, 0.1) is 0 Å². The maximum absolute atomic E-state index is 11.3. The molecule has 13 heavy (non-hydrogen) atoms. The van der Waals surface area contributed by atoms with E-state index in [0.717, 1.165) is 0 Å². The fourth-order valence-electron chi connectivity index (χ4n) is 1.44. The number of hydrogen-bond donors (Lipinski definition) is 2. The molecule has 0 radical (unpaired) electrons. The highest BCUT2D eigenvalue weighted by molar-refractivity contribution is 5.94. The summed E-state index contributed by atoms with van der Waals surface area (Å²) in [6.45, 7) is 3.72. The Morgan fingerprint density at radius 2 is 2.23 bits per heavy atom. The Bertz CT molecular complexity index is 321. The van der Waals surface area contributed by atoms with Crippen molar-refractivity contribution in [2.45, 2.75) is 12.5 Å². The summed E-state index contributed by atoms with van der Waals surface area (Å²) in [7, 11) is 0. The molecule has 0 aromatic carbocycles. The minimum absolute atomic E-state index is 0.239. The van der Waals surface area contributed by atoms with Gasteiger partial charge < -0.3 is 0 Å². The molecule has 0 bridgehead atoms. The molecule has 2 aliphatic rings. The summed E-state index contributed by atoms with van der Waals surface area (Å²) >= 11 is 0. The predicted molar refractivity (Wildman–Crippen MR) is 45.2 cm³/mol. The zero-order valence-electron chi connectivity index (χ0n) is 6.91. The van der Waals surface area contributed by atoms with Crippen LogP contribution < -0.4 is 10.9 Å². The Balaban J connectivity index is 2.36. The molecule has 1 fully saturated rings. The molecule has 2 heterocycles. The molecule has 2 aliphatic heterocycles. The maximum atomic E-state index is 11.3. The number of hydrogen-bond acceptors (Lipinski definition) is 2. The van der Waals surface area contributed by atoms with E-state index in [1.165, 1.54) is 4.90 Å². The largest absolute Gasteiger partial charge is 0.341 e. The van der Waals surface area contributed by atoms with Crippen LogP contribution in [0.2, 0.25) is 0 Å². The lowest BCUT2D eigenvalue weighted by Crippen LogP contribution is -2.63. The van der Waals surface area contributed by atoms with Gasteiger partial charge in [0.2, 0.25) is 0 Å². The zero-order chi connectivity index (χ0) is 9.42. The third kappa shape index (κ3) is 1.09. The second-order valence-corrected chi connectivity index (χ2v) is 2.93. The molecule has 1 atom stereocenters. The van der Waals surface area contributed by atoms with Gasteiger partial charge in [0, 0.05) is 12.1 Å². The normalized spacial score (nSPS) is 26.6. The summed E-state index contributed by atoms with van der Waals surface area (Å²) in [4.78, 5) is 23.9. The maximum Gasteiger partial charge on any atom is 0.341 e. The van der Waals surface area contributed by atoms with Crippen molar-refractivity contribution in [3.8, 4) is 0 Å². The van der Waals surface area contributed by atoms with Gasteiger partial charge in [-0.15, -0.1) is 0 Å². The molecule has 0 aromatic rings. The number of amides is 3. The molecule has 1 unspecified atom stereocenters. The van der Waals surface area contributed by atoms with Gasteiger partial charge >= 0.3 is 6.03 Å². The van der Waals surface area contributed by atoms with E-state index in [4.69, 9.17) is 0 Å². The first-order valence-electron chi connectivity index (χ1n) is 3.93. The molecule has 5 heteroatoms. The average molecular weight is 179 g/mol. The standard InChI is InChI=1S/C8H9N3O2/c1-5-3-2-4-6-7(12)9-10-8(13)11(5)6/h2,4,6H,1,3H2,(H,9,12)(H,10,13). The zero-order valence-corrected chi connectivity index (χ0v) is 6.91. The average Bonchev–Trinajstić information content (AvgIpc) is 2.12. The van der Waals surface area contributed by atoms with Gasteiger partial charge in [-0.1, -0.05) is 18.7 Å². The van der Waals surface area contributed by atoms with E-state index in [0.29, 0.717) is 12.1 Å². The number of rotatable bonds is 0. The topological polar surface area (TPSA) is 61.4 Å². The first-order chi connectivity index (χ1) is 6.20. The van der Waals surface area contributed by atoms with Gasteiger partial charge in [-0.3, -0.25) is 15.1 Å². The van der Waals surface area contributed by atoms with Gasteiger partial charge in [-0.25, -0.2) is 10.2 Å². The number of nitrogens with zero attached hydrogens (tertiary/aromatic N) is 1. The minimum atomic E-state index is -0.532. The molecule has 2 rings (SSSR count). The molecule has 2 N–H and O–H groups in total. The van der Waals surface area contributed by atoms with Crippen LogP contribution in [-0.4, -0.2) is 22.9 Å². The first-order valence-corrected chi connectivity index (χ1v) is 3.93. The van der Waals surface area contributed by atoms with Crippen molar-refractivity contribution < 1.29 is 9.59 Å². The van der Waals surface area contributed by atoms with E-state index >= 15 is 0 Å². The van der Waals surface area contributed by atoms with E-state index in [9.17, 15) is 9.59 Å². The molecule has 1 saturated heterocycles. The van der Waals surface area contributed by atoms with Crippen molar-refractivity contribution in [3.63, 3.8) is 0 Å². The Labute approximate surface area is 75.1 Å².